The van der Waals surface area contributed by atoms with E-state index in [1.165, 1.54) is 0 Å². The van der Waals surface area contributed by atoms with Crippen molar-refractivity contribution in [2.45, 2.75) is 19.3 Å². The highest BCUT2D eigenvalue weighted by Crippen LogP contribution is 2.22. The summed E-state index contributed by atoms with van der Waals surface area (Å²) >= 11 is 3.28. The fourth-order valence-corrected chi connectivity index (χ4v) is 1.81. The van der Waals surface area contributed by atoms with Gasteiger partial charge in [-0.05, 0) is 47.3 Å². The zero-order chi connectivity index (χ0) is 12.7. The van der Waals surface area contributed by atoms with Crippen LogP contribution in [0, 0.1) is 0 Å². The van der Waals surface area contributed by atoms with Gasteiger partial charge in [0.05, 0.1) is 11.3 Å². The van der Waals surface area contributed by atoms with Crippen molar-refractivity contribution >= 4 is 27.5 Å². The van der Waals surface area contributed by atoms with E-state index in [0.29, 0.717) is 17.8 Å². The molecule has 1 aromatic carbocycles. The van der Waals surface area contributed by atoms with E-state index >= 15 is 0 Å². The Hall–Kier alpha value is -1.07. The maximum atomic E-state index is 11.8. The van der Waals surface area contributed by atoms with E-state index in [1.807, 2.05) is 0 Å². The highest BCUT2D eigenvalue weighted by molar-refractivity contribution is 9.10. The molecule has 0 aliphatic carbocycles. The van der Waals surface area contributed by atoms with Crippen LogP contribution in [0.5, 0.6) is 0 Å². The monoisotopic (exact) mass is 300 g/mol. The maximum Gasteiger partial charge on any atom is 0.253 e. The third-order valence-electron chi connectivity index (χ3n) is 2.42. The van der Waals surface area contributed by atoms with Gasteiger partial charge in [0.2, 0.25) is 0 Å². The molecule has 0 spiro atoms. The number of rotatable bonds is 6. The number of aliphatic hydroxyl groups excluding tert-OH is 1. The number of hydrogen-bond donors (Lipinski definition) is 3. The summed E-state index contributed by atoms with van der Waals surface area (Å²) in [6.45, 7) is 0.803. The maximum absolute atomic E-state index is 11.8. The summed E-state index contributed by atoms with van der Waals surface area (Å²) in [7, 11) is 0. The molecule has 17 heavy (non-hydrogen) atoms. The lowest BCUT2D eigenvalue weighted by molar-refractivity contribution is 0.0953. The first kappa shape index (κ1) is 14.0. The molecule has 4 N–H and O–H groups in total. The summed E-state index contributed by atoms with van der Waals surface area (Å²) in [5.74, 6) is -0.159. The summed E-state index contributed by atoms with van der Waals surface area (Å²) < 4.78 is 0.727. The zero-order valence-electron chi connectivity index (χ0n) is 9.58. The van der Waals surface area contributed by atoms with Gasteiger partial charge in [-0.1, -0.05) is 6.07 Å². The first-order chi connectivity index (χ1) is 8.16. The van der Waals surface area contributed by atoms with E-state index in [2.05, 4.69) is 21.2 Å². The second-order valence-corrected chi connectivity index (χ2v) is 4.60. The lowest BCUT2D eigenvalue weighted by Crippen LogP contribution is -2.25. The van der Waals surface area contributed by atoms with Crippen molar-refractivity contribution in [2.75, 3.05) is 18.9 Å². The number of para-hydroxylation sites is 1. The molecule has 0 aliphatic heterocycles. The highest BCUT2D eigenvalue weighted by atomic mass is 79.9. The molecule has 4 nitrogen and oxygen atoms in total. The molecule has 94 valence electrons. The Morgan fingerprint density at radius 1 is 1.35 bits per heavy atom. The van der Waals surface area contributed by atoms with Crippen LogP contribution in [0.4, 0.5) is 5.69 Å². The van der Waals surface area contributed by atoms with E-state index in [0.717, 1.165) is 23.7 Å². The standard InChI is InChI=1S/C12H17BrN2O2/c13-10-6-4-5-9(11(10)14)12(17)15-7-2-1-3-8-16/h4-6,16H,1-3,7-8,14H2,(H,15,17). The number of aliphatic hydroxyl groups is 1. The molecule has 0 unspecified atom stereocenters. The van der Waals surface area contributed by atoms with Gasteiger partial charge >= 0.3 is 0 Å². The number of unbranched alkanes of at least 4 members (excludes halogenated alkanes) is 2. The molecular formula is C12H17BrN2O2. The number of amides is 1. The number of anilines is 1. The third-order valence-corrected chi connectivity index (χ3v) is 3.11. The van der Waals surface area contributed by atoms with Crippen LogP contribution < -0.4 is 11.1 Å². The summed E-state index contributed by atoms with van der Waals surface area (Å²) in [6, 6.07) is 5.28. The highest BCUT2D eigenvalue weighted by Gasteiger charge is 2.10. The fourth-order valence-electron chi connectivity index (χ4n) is 1.45. The normalized spacial score (nSPS) is 10.2. The number of carbonyl (C=O) groups is 1. The molecule has 0 fully saturated rings. The van der Waals surface area contributed by atoms with Crippen molar-refractivity contribution in [3.63, 3.8) is 0 Å². The van der Waals surface area contributed by atoms with Gasteiger partial charge in [0.25, 0.3) is 5.91 Å². The van der Waals surface area contributed by atoms with Crippen molar-refractivity contribution < 1.29 is 9.90 Å². The Bertz CT molecular complexity index is 383. The van der Waals surface area contributed by atoms with Crippen LogP contribution in [0.15, 0.2) is 22.7 Å². The predicted octanol–water partition coefficient (Wildman–Crippen LogP) is 1.92. The predicted molar refractivity (Wildman–Crippen MR) is 71.8 cm³/mol. The van der Waals surface area contributed by atoms with Crippen molar-refractivity contribution in [1.29, 1.82) is 0 Å². The lowest BCUT2D eigenvalue weighted by atomic mass is 10.1. The number of nitrogen functional groups attached to an aromatic ring is 1. The van der Waals surface area contributed by atoms with Gasteiger partial charge in [-0.15, -0.1) is 0 Å². The number of carbonyl (C=O) groups excluding carboxylic acids is 1. The summed E-state index contributed by atoms with van der Waals surface area (Å²) in [6.07, 6.45) is 2.54. The van der Waals surface area contributed by atoms with Crippen molar-refractivity contribution in [3.05, 3.63) is 28.2 Å². The summed E-state index contributed by atoms with van der Waals surface area (Å²) in [4.78, 5) is 11.8. The molecule has 0 bridgehead atoms. The smallest absolute Gasteiger partial charge is 0.253 e. The van der Waals surface area contributed by atoms with Gasteiger partial charge < -0.3 is 16.2 Å². The topological polar surface area (TPSA) is 75.4 Å². The number of nitrogens with two attached hydrogens (primary N) is 1. The Balaban J connectivity index is 2.44. The Labute approximate surface area is 109 Å². The Morgan fingerprint density at radius 3 is 2.82 bits per heavy atom. The first-order valence-electron chi connectivity index (χ1n) is 5.60. The molecule has 0 heterocycles. The van der Waals surface area contributed by atoms with Crippen LogP contribution in [0.2, 0.25) is 0 Å². The largest absolute Gasteiger partial charge is 0.397 e. The van der Waals surface area contributed by atoms with Gasteiger partial charge in [0.1, 0.15) is 0 Å². The van der Waals surface area contributed by atoms with E-state index in [-0.39, 0.29) is 12.5 Å². The quantitative estimate of drug-likeness (QED) is 0.555. The van der Waals surface area contributed by atoms with E-state index in [9.17, 15) is 4.79 Å². The summed E-state index contributed by atoms with van der Waals surface area (Å²) in [5, 5.41) is 11.4. The number of halogens is 1. The zero-order valence-corrected chi connectivity index (χ0v) is 11.2. The molecule has 1 amide bonds. The molecule has 0 saturated heterocycles. The van der Waals surface area contributed by atoms with Crippen LogP contribution in [0.1, 0.15) is 29.6 Å². The molecule has 1 aromatic rings. The third kappa shape index (κ3) is 4.36. The lowest BCUT2D eigenvalue weighted by Gasteiger charge is -2.08. The average Bonchev–Trinajstić information content (AvgIpc) is 2.32. The molecule has 0 atom stereocenters. The van der Waals surface area contributed by atoms with Gasteiger partial charge in [-0.2, -0.15) is 0 Å². The van der Waals surface area contributed by atoms with Gasteiger partial charge in [0, 0.05) is 17.6 Å². The Kier molecular flexibility index (Phi) is 6.00. The minimum absolute atomic E-state index is 0.159. The molecule has 0 saturated carbocycles. The van der Waals surface area contributed by atoms with E-state index in [4.69, 9.17) is 10.8 Å². The van der Waals surface area contributed by atoms with Gasteiger partial charge in [-0.25, -0.2) is 0 Å². The minimum atomic E-state index is -0.159. The molecule has 0 aliphatic rings. The van der Waals surface area contributed by atoms with E-state index < -0.39 is 0 Å². The second kappa shape index (κ2) is 7.29. The van der Waals surface area contributed by atoms with Crippen molar-refractivity contribution in [1.82, 2.24) is 5.32 Å². The number of hydrogen-bond acceptors (Lipinski definition) is 3. The van der Waals surface area contributed by atoms with Gasteiger partial charge in [0.15, 0.2) is 0 Å². The second-order valence-electron chi connectivity index (χ2n) is 3.74. The molecule has 0 aromatic heterocycles. The van der Waals surface area contributed by atoms with Crippen LogP contribution in [-0.4, -0.2) is 24.2 Å². The van der Waals surface area contributed by atoms with Crippen LogP contribution >= 0.6 is 15.9 Å². The van der Waals surface area contributed by atoms with Gasteiger partial charge in [-0.3, -0.25) is 4.79 Å². The molecular weight excluding hydrogens is 284 g/mol. The number of benzene rings is 1. The van der Waals surface area contributed by atoms with Crippen LogP contribution in [-0.2, 0) is 0 Å². The summed E-state index contributed by atoms with van der Waals surface area (Å²) in [5.41, 5.74) is 6.74. The van der Waals surface area contributed by atoms with Crippen LogP contribution in [0.25, 0.3) is 0 Å². The SMILES string of the molecule is Nc1c(Br)cccc1C(=O)NCCCCCO. The van der Waals surface area contributed by atoms with Crippen molar-refractivity contribution in [3.8, 4) is 0 Å². The first-order valence-corrected chi connectivity index (χ1v) is 6.39. The fraction of sp³-hybridized carbons (Fsp3) is 0.417. The van der Waals surface area contributed by atoms with Crippen molar-refractivity contribution in [2.24, 2.45) is 0 Å². The van der Waals surface area contributed by atoms with E-state index in [1.54, 1.807) is 18.2 Å². The molecule has 1 rings (SSSR count). The molecule has 5 heteroatoms. The number of nitrogens with one attached hydrogen (secondary N) is 1. The average molecular weight is 301 g/mol. The van der Waals surface area contributed by atoms with Crippen LogP contribution in [0.3, 0.4) is 0 Å². The minimum Gasteiger partial charge on any atom is -0.397 e. The molecule has 0 radical (unpaired) electrons. The Morgan fingerprint density at radius 2 is 2.12 bits per heavy atom.